The lowest BCUT2D eigenvalue weighted by molar-refractivity contribution is -0.129. The van der Waals surface area contributed by atoms with Gasteiger partial charge in [0.05, 0.1) is 23.1 Å². The molecule has 1 atom stereocenters. The molecule has 1 aromatic heterocycles. The van der Waals surface area contributed by atoms with Gasteiger partial charge < -0.3 is 10.2 Å². The van der Waals surface area contributed by atoms with Crippen LogP contribution in [0.4, 0.5) is 0 Å². The second-order valence-corrected chi connectivity index (χ2v) is 9.93. The fraction of sp³-hybridized carbons (Fsp3) is 0.409. The number of aromatic nitrogens is 1. The Balaban J connectivity index is 1.28. The van der Waals surface area contributed by atoms with Crippen LogP contribution in [0.5, 0.6) is 0 Å². The van der Waals surface area contributed by atoms with Crippen molar-refractivity contribution in [3.63, 3.8) is 0 Å². The van der Waals surface area contributed by atoms with Crippen molar-refractivity contribution >= 4 is 21.8 Å². The lowest BCUT2D eigenvalue weighted by Gasteiger charge is -2.32. The van der Waals surface area contributed by atoms with E-state index < -0.39 is 10.0 Å². The fourth-order valence-electron chi connectivity index (χ4n) is 4.09. The Bertz CT molecular complexity index is 1020. The van der Waals surface area contributed by atoms with Gasteiger partial charge in [0.1, 0.15) is 0 Å². The van der Waals surface area contributed by atoms with Crippen LogP contribution < -0.4 is 5.32 Å². The molecule has 0 spiro atoms. The number of piperidine rings is 1. The largest absolute Gasteiger partial charge is 0.353 e. The number of hydrogen-bond acceptors (Lipinski definition) is 5. The maximum absolute atomic E-state index is 12.7. The van der Waals surface area contributed by atoms with Crippen LogP contribution in [0.1, 0.15) is 25.0 Å². The Hall–Kier alpha value is -2.78. The zero-order valence-electron chi connectivity index (χ0n) is 17.2. The Morgan fingerprint density at radius 3 is 2.45 bits per heavy atom. The van der Waals surface area contributed by atoms with Gasteiger partial charge in [-0.1, -0.05) is 24.3 Å². The third kappa shape index (κ3) is 4.94. The maximum Gasteiger partial charge on any atom is 0.243 e. The summed E-state index contributed by atoms with van der Waals surface area (Å²) in [6, 6.07) is 13.9. The Kier molecular flexibility index (Phi) is 6.33. The average molecular weight is 443 g/mol. The molecule has 0 radical (unpaired) electrons. The normalized spacial score (nSPS) is 20.7. The lowest BCUT2D eigenvalue weighted by Crippen LogP contribution is -2.48. The summed E-state index contributed by atoms with van der Waals surface area (Å²) in [6.45, 7) is 1.50. The Morgan fingerprint density at radius 1 is 1.06 bits per heavy atom. The first-order chi connectivity index (χ1) is 14.9. The number of rotatable bonds is 6. The number of sulfonamides is 1. The highest BCUT2D eigenvalue weighted by Gasteiger charge is 2.36. The molecule has 9 heteroatoms. The summed E-state index contributed by atoms with van der Waals surface area (Å²) in [5.41, 5.74) is 0.795. The number of nitrogens with zero attached hydrogens (tertiary/aromatic N) is 3. The summed E-state index contributed by atoms with van der Waals surface area (Å²) in [6.07, 6.45) is 2.98. The van der Waals surface area contributed by atoms with Crippen LogP contribution in [0, 0.1) is 5.92 Å². The Labute approximate surface area is 182 Å². The maximum atomic E-state index is 12.7. The first-order valence-electron chi connectivity index (χ1n) is 10.5. The zero-order chi connectivity index (χ0) is 21.8. The number of hydrogen-bond donors (Lipinski definition) is 1. The summed E-state index contributed by atoms with van der Waals surface area (Å²) < 4.78 is 26.9. The predicted octanol–water partition coefficient (Wildman–Crippen LogP) is 1.40. The summed E-state index contributed by atoms with van der Waals surface area (Å²) >= 11 is 0. The van der Waals surface area contributed by atoms with E-state index in [1.165, 1.54) is 4.31 Å². The highest BCUT2D eigenvalue weighted by Crippen LogP contribution is 2.23. The monoisotopic (exact) mass is 442 g/mol. The molecule has 2 amide bonds. The van der Waals surface area contributed by atoms with Crippen molar-refractivity contribution in [1.29, 1.82) is 0 Å². The summed E-state index contributed by atoms with van der Waals surface area (Å²) in [7, 11) is -3.51. The highest BCUT2D eigenvalue weighted by atomic mass is 32.2. The SMILES string of the molecule is O=C(NC1CCN(S(=O)(=O)c2ccccc2)CC1)C1CC(=O)N(Cc2ccccn2)C1. The van der Waals surface area contributed by atoms with E-state index in [4.69, 9.17) is 0 Å². The molecule has 1 unspecified atom stereocenters. The lowest BCUT2D eigenvalue weighted by atomic mass is 10.0. The van der Waals surface area contributed by atoms with Gasteiger partial charge in [-0.2, -0.15) is 4.31 Å². The van der Waals surface area contributed by atoms with Gasteiger partial charge in [0.15, 0.2) is 0 Å². The van der Waals surface area contributed by atoms with E-state index in [1.54, 1.807) is 41.4 Å². The van der Waals surface area contributed by atoms with Crippen LogP contribution in [-0.2, 0) is 26.2 Å². The van der Waals surface area contributed by atoms with Gasteiger partial charge in [0.25, 0.3) is 0 Å². The molecule has 1 aromatic carbocycles. The number of carbonyl (C=O) groups excluding carboxylic acids is 2. The van der Waals surface area contributed by atoms with Crippen molar-refractivity contribution in [2.75, 3.05) is 19.6 Å². The smallest absolute Gasteiger partial charge is 0.243 e. The minimum Gasteiger partial charge on any atom is -0.353 e. The van der Waals surface area contributed by atoms with Crippen molar-refractivity contribution < 1.29 is 18.0 Å². The minimum atomic E-state index is -3.51. The predicted molar refractivity (Wildman–Crippen MR) is 114 cm³/mol. The van der Waals surface area contributed by atoms with Gasteiger partial charge in [0.2, 0.25) is 21.8 Å². The molecular formula is C22H26N4O4S. The van der Waals surface area contributed by atoms with E-state index in [2.05, 4.69) is 10.3 Å². The zero-order valence-corrected chi connectivity index (χ0v) is 18.0. The molecule has 1 N–H and O–H groups in total. The number of pyridine rings is 1. The molecule has 3 heterocycles. The summed E-state index contributed by atoms with van der Waals surface area (Å²) in [5.74, 6) is -0.571. The molecule has 2 saturated heterocycles. The molecule has 164 valence electrons. The van der Waals surface area contributed by atoms with Crippen molar-refractivity contribution in [3.05, 3.63) is 60.4 Å². The molecule has 2 fully saturated rings. The van der Waals surface area contributed by atoms with E-state index in [1.807, 2.05) is 18.2 Å². The average Bonchev–Trinajstić information content (AvgIpc) is 3.16. The van der Waals surface area contributed by atoms with E-state index in [0.717, 1.165) is 5.69 Å². The molecule has 0 aliphatic carbocycles. The van der Waals surface area contributed by atoms with Crippen LogP contribution >= 0.6 is 0 Å². The van der Waals surface area contributed by atoms with Gasteiger partial charge in [-0.05, 0) is 37.1 Å². The van der Waals surface area contributed by atoms with Crippen molar-refractivity contribution in [2.24, 2.45) is 5.92 Å². The van der Waals surface area contributed by atoms with Crippen LogP contribution in [0.15, 0.2) is 59.6 Å². The summed E-state index contributed by atoms with van der Waals surface area (Å²) in [5, 5.41) is 3.02. The van der Waals surface area contributed by atoms with E-state index in [0.29, 0.717) is 39.0 Å². The topological polar surface area (TPSA) is 99.7 Å². The van der Waals surface area contributed by atoms with Gasteiger partial charge in [-0.25, -0.2) is 8.42 Å². The number of likely N-dealkylation sites (tertiary alicyclic amines) is 1. The fourth-order valence-corrected chi connectivity index (χ4v) is 5.58. The molecule has 2 aromatic rings. The van der Waals surface area contributed by atoms with Gasteiger partial charge >= 0.3 is 0 Å². The molecule has 2 aliphatic heterocycles. The van der Waals surface area contributed by atoms with Gasteiger partial charge in [-0.15, -0.1) is 0 Å². The second kappa shape index (κ2) is 9.15. The minimum absolute atomic E-state index is 0.0467. The van der Waals surface area contributed by atoms with E-state index >= 15 is 0 Å². The van der Waals surface area contributed by atoms with Crippen LogP contribution in [0.2, 0.25) is 0 Å². The molecule has 31 heavy (non-hydrogen) atoms. The van der Waals surface area contributed by atoms with Crippen molar-refractivity contribution in [2.45, 2.75) is 36.7 Å². The number of amides is 2. The molecule has 0 bridgehead atoms. The third-order valence-electron chi connectivity index (χ3n) is 5.85. The molecule has 0 saturated carbocycles. The van der Waals surface area contributed by atoms with Crippen LogP contribution in [0.25, 0.3) is 0 Å². The van der Waals surface area contributed by atoms with Crippen molar-refractivity contribution in [1.82, 2.24) is 19.5 Å². The molecule has 4 rings (SSSR count). The highest BCUT2D eigenvalue weighted by molar-refractivity contribution is 7.89. The van der Waals surface area contributed by atoms with E-state index in [9.17, 15) is 18.0 Å². The third-order valence-corrected chi connectivity index (χ3v) is 7.76. The first-order valence-corrected chi connectivity index (χ1v) is 11.9. The van der Waals surface area contributed by atoms with Crippen molar-refractivity contribution in [3.8, 4) is 0 Å². The first kappa shape index (κ1) is 21.5. The molecular weight excluding hydrogens is 416 g/mol. The summed E-state index contributed by atoms with van der Waals surface area (Å²) in [4.78, 5) is 31.2. The number of benzene rings is 1. The standard InChI is InChI=1S/C22H26N4O4S/c27-21-14-17(15-25(21)16-19-6-4-5-11-23-19)22(28)24-18-9-12-26(13-10-18)31(29,30)20-7-2-1-3-8-20/h1-8,11,17-18H,9-10,12-16H2,(H,24,28). The van der Waals surface area contributed by atoms with Crippen LogP contribution in [0.3, 0.4) is 0 Å². The quantitative estimate of drug-likeness (QED) is 0.729. The number of carbonyl (C=O) groups is 2. The molecule has 8 nitrogen and oxygen atoms in total. The number of nitrogens with one attached hydrogen (secondary N) is 1. The molecule has 2 aliphatic rings. The van der Waals surface area contributed by atoms with Crippen LogP contribution in [-0.4, -0.2) is 60.1 Å². The van der Waals surface area contributed by atoms with Gasteiger partial charge in [0, 0.05) is 38.3 Å². The second-order valence-electron chi connectivity index (χ2n) is 8.00. The Morgan fingerprint density at radius 2 is 1.77 bits per heavy atom. The van der Waals surface area contributed by atoms with E-state index in [-0.39, 0.29) is 35.1 Å². The van der Waals surface area contributed by atoms with Gasteiger partial charge in [-0.3, -0.25) is 14.6 Å².